The molecule has 2 heteroatoms. The Labute approximate surface area is 279 Å². The van der Waals surface area contributed by atoms with Gasteiger partial charge in [0.15, 0.2) is 0 Å². The van der Waals surface area contributed by atoms with Gasteiger partial charge < -0.3 is 4.57 Å². The Hall–Kier alpha value is -5.99. The highest BCUT2D eigenvalue weighted by atomic mass is 15.0. The minimum Gasteiger partial charge on any atom is -0.309 e. The van der Waals surface area contributed by atoms with Crippen LogP contribution in [0, 0.1) is 0 Å². The minimum atomic E-state index is -0.268. The molecule has 0 radical (unpaired) electrons. The number of nitrogens with zero attached hydrogens (tertiary/aromatic N) is 2. The van der Waals surface area contributed by atoms with E-state index in [1.54, 1.807) is 0 Å². The van der Waals surface area contributed by atoms with Crippen molar-refractivity contribution in [3.8, 4) is 39.2 Å². The van der Waals surface area contributed by atoms with Gasteiger partial charge in [-0.05, 0) is 79.9 Å². The number of hydrogen-bond acceptors (Lipinski definition) is 1. The zero-order chi connectivity index (χ0) is 32.0. The number of pyridine rings is 1. The molecule has 226 valence electrons. The molecular formula is C46H32N2. The van der Waals surface area contributed by atoms with Gasteiger partial charge in [-0.25, -0.2) is 0 Å². The summed E-state index contributed by atoms with van der Waals surface area (Å²) in [6.07, 6.45) is 1.92. The van der Waals surface area contributed by atoms with Crippen LogP contribution in [0.1, 0.15) is 25.0 Å². The normalized spacial score (nSPS) is 13.4. The Balaban J connectivity index is 1.23. The first-order chi connectivity index (χ1) is 23.6. The molecule has 0 saturated heterocycles. The van der Waals surface area contributed by atoms with Crippen molar-refractivity contribution in [2.75, 3.05) is 0 Å². The standard InChI is InChI=1S/C46H32N2/c1-46(2)40-28-32(31-14-9-15-33(27-31)44-35-17-6-4-12-30(35)25-26-47-44)21-24-42(40)48-41-20-8-7-18-37(41)39-23-22-38(43(46)45(39)48)36-19-10-13-29-11-3-5-16-34(29)36/h3-28H,1-2H3. The molecule has 0 aliphatic carbocycles. The molecule has 2 nitrogen and oxygen atoms in total. The molecule has 0 saturated carbocycles. The van der Waals surface area contributed by atoms with Crippen LogP contribution in [-0.4, -0.2) is 9.55 Å². The third-order valence-electron chi connectivity index (χ3n) is 10.6. The fourth-order valence-electron chi connectivity index (χ4n) is 8.37. The highest BCUT2D eigenvalue weighted by Gasteiger charge is 2.37. The van der Waals surface area contributed by atoms with Gasteiger partial charge in [0, 0.05) is 33.3 Å². The Morgan fingerprint density at radius 1 is 0.500 bits per heavy atom. The van der Waals surface area contributed by atoms with Gasteiger partial charge in [-0.15, -0.1) is 0 Å². The predicted molar refractivity (Wildman–Crippen MR) is 202 cm³/mol. The fourth-order valence-corrected chi connectivity index (χ4v) is 8.37. The van der Waals surface area contributed by atoms with Gasteiger partial charge in [-0.2, -0.15) is 0 Å². The van der Waals surface area contributed by atoms with Crippen molar-refractivity contribution in [2.24, 2.45) is 0 Å². The molecule has 1 aliphatic heterocycles. The quantitative estimate of drug-likeness (QED) is 0.194. The summed E-state index contributed by atoms with van der Waals surface area (Å²) in [6, 6.07) is 55.6. The smallest absolute Gasteiger partial charge is 0.0780 e. The second-order valence-electron chi connectivity index (χ2n) is 13.6. The number of aromatic nitrogens is 2. The van der Waals surface area contributed by atoms with Gasteiger partial charge in [0.05, 0.1) is 22.4 Å². The summed E-state index contributed by atoms with van der Waals surface area (Å²) in [5.41, 5.74) is 13.4. The summed E-state index contributed by atoms with van der Waals surface area (Å²) in [4.78, 5) is 4.83. The van der Waals surface area contributed by atoms with E-state index in [0.717, 1.165) is 11.3 Å². The second kappa shape index (κ2) is 10.0. The molecule has 0 atom stereocenters. The van der Waals surface area contributed by atoms with Crippen molar-refractivity contribution in [1.29, 1.82) is 0 Å². The van der Waals surface area contributed by atoms with E-state index < -0.39 is 0 Å². The maximum atomic E-state index is 4.83. The van der Waals surface area contributed by atoms with Crippen LogP contribution in [0.4, 0.5) is 0 Å². The largest absolute Gasteiger partial charge is 0.309 e. The lowest BCUT2D eigenvalue weighted by atomic mass is 9.71. The molecule has 0 amide bonds. The molecule has 0 fully saturated rings. The van der Waals surface area contributed by atoms with Crippen LogP contribution in [0.5, 0.6) is 0 Å². The lowest BCUT2D eigenvalue weighted by Crippen LogP contribution is -2.27. The van der Waals surface area contributed by atoms with Crippen molar-refractivity contribution in [3.63, 3.8) is 0 Å². The fraction of sp³-hybridized carbons (Fsp3) is 0.0652. The lowest BCUT2D eigenvalue weighted by Gasteiger charge is -2.37. The van der Waals surface area contributed by atoms with Gasteiger partial charge in [-0.1, -0.05) is 135 Å². The molecule has 3 heterocycles. The molecular weight excluding hydrogens is 581 g/mol. The number of benzene rings is 7. The van der Waals surface area contributed by atoms with Crippen LogP contribution in [0.3, 0.4) is 0 Å². The van der Waals surface area contributed by atoms with Crippen LogP contribution < -0.4 is 0 Å². The molecule has 0 unspecified atom stereocenters. The maximum absolute atomic E-state index is 4.83. The summed E-state index contributed by atoms with van der Waals surface area (Å²) >= 11 is 0. The highest BCUT2D eigenvalue weighted by molar-refractivity contribution is 6.14. The second-order valence-corrected chi connectivity index (χ2v) is 13.6. The summed E-state index contributed by atoms with van der Waals surface area (Å²) < 4.78 is 2.52. The monoisotopic (exact) mass is 612 g/mol. The molecule has 0 spiro atoms. The zero-order valence-corrected chi connectivity index (χ0v) is 26.9. The van der Waals surface area contributed by atoms with Gasteiger partial charge >= 0.3 is 0 Å². The summed E-state index contributed by atoms with van der Waals surface area (Å²) in [5.74, 6) is 0. The van der Waals surface area contributed by atoms with Gasteiger partial charge in [-0.3, -0.25) is 4.98 Å². The van der Waals surface area contributed by atoms with E-state index in [4.69, 9.17) is 4.98 Å². The van der Waals surface area contributed by atoms with Crippen molar-refractivity contribution < 1.29 is 0 Å². The molecule has 9 aromatic rings. The summed E-state index contributed by atoms with van der Waals surface area (Å²) in [6.45, 7) is 4.83. The van der Waals surface area contributed by atoms with Crippen LogP contribution >= 0.6 is 0 Å². The topological polar surface area (TPSA) is 17.8 Å². The molecule has 0 N–H and O–H groups in total. The average molecular weight is 613 g/mol. The molecule has 48 heavy (non-hydrogen) atoms. The van der Waals surface area contributed by atoms with E-state index in [9.17, 15) is 0 Å². The molecule has 7 aromatic carbocycles. The molecule has 1 aliphatic rings. The Morgan fingerprint density at radius 2 is 1.19 bits per heavy atom. The van der Waals surface area contributed by atoms with Crippen LogP contribution in [0.25, 0.3) is 82.5 Å². The minimum absolute atomic E-state index is 0.268. The highest BCUT2D eigenvalue weighted by Crippen LogP contribution is 2.52. The van der Waals surface area contributed by atoms with Crippen LogP contribution in [0.15, 0.2) is 158 Å². The summed E-state index contributed by atoms with van der Waals surface area (Å²) in [5, 5.41) is 7.52. The molecule has 0 bridgehead atoms. The van der Waals surface area contributed by atoms with Crippen molar-refractivity contribution >= 4 is 43.4 Å². The Bertz CT molecular complexity index is 2750. The lowest BCUT2D eigenvalue weighted by molar-refractivity contribution is 0.632. The first-order valence-corrected chi connectivity index (χ1v) is 16.7. The third-order valence-corrected chi connectivity index (χ3v) is 10.6. The van der Waals surface area contributed by atoms with Crippen molar-refractivity contribution in [2.45, 2.75) is 19.3 Å². The number of hydrogen-bond donors (Lipinski definition) is 0. The van der Waals surface area contributed by atoms with Gasteiger partial charge in [0.2, 0.25) is 0 Å². The Kier molecular flexibility index (Phi) is 5.66. The van der Waals surface area contributed by atoms with Crippen LogP contribution in [0.2, 0.25) is 0 Å². The number of para-hydroxylation sites is 1. The van der Waals surface area contributed by atoms with Crippen molar-refractivity contribution in [3.05, 3.63) is 169 Å². The van der Waals surface area contributed by atoms with E-state index in [0.29, 0.717) is 0 Å². The van der Waals surface area contributed by atoms with Gasteiger partial charge in [0.1, 0.15) is 0 Å². The predicted octanol–water partition coefficient (Wildman–Crippen LogP) is 12.1. The number of rotatable bonds is 3. The first kappa shape index (κ1) is 27.2. The first-order valence-electron chi connectivity index (χ1n) is 16.7. The van der Waals surface area contributed by atoms with Gasteiger partial charge in [0.25, 0.3) is 0 Å². The summed E-state index contributed by atoms with van der Waals surface area (Å²) in [7, 11) is 0. The van der Waals surface area contributed by atoms with Crippen LogP contribution in [-0.2, 0) is 5.41 Å². The van der Waals surface area contributed by atoms with E-state index in [-0.39, 0.29) is 5.41 Å². The third kappa shape index (κ3) is 3.77. The Morgan fingerprint density at radius 3 is 2.06 bits per heavy atom. The van der Waals surface area contributed by atoms with E-state index in [1.165, 1.54) is 82.4 Å². The zero-order valence-electron chi connectivity index (χ0n) is 26.9. The number of fused-ring (bicyclic) bond motifs is 7. The van der Waals surface area contributed by atoms with E-state index in [1.807, 2.05) is 6.20 Å². The van der Waals surface area contributed by atoms with E-state index in [2.05, 4.69) is 170 Å². The molecule has 2 aromatic heterocycles. The maximum Gasteiger partial charge on any atom is 0.0780 e. The SMILES string of the molecule is CC1(C)c2cc(-c3cccc(-c4nccc5ccccc45)c3)ccc2-n2c3ccccc3c3ccc(-c4cccc5ccccc45)c1c32. The van der Waals surface area contributed by atoms with E-state index >= 15 is 0 Å². The molecule has 10 rings (SSSR count). The average Bonchev–Trinajstić information content (AvgIpc) is 3.48. The van der Waals surface area contributed by atoms with Crippen molar-refractivity contribution in [1.82, 2.24) is 9.55 Å².